The van der Waals surface area contributed by atoms with Crippen molar-refractivity contribution >= 4 is 27.3 Å². The molecule has 0 aliphatic rings. The fourth-order valence-electron chi connectivity index (χ4n) is 2.12. The highest BCUT2D eigenvalue weighted by Crippen LogP contribution is 2.27. The van der Waals surface area contributed by atoms with Gasteiger partial charge in [0.05, 0.1) is 16.3 Å². The number of rotatable bonds is 8. The third-order valence-corrected chi connectivity index (χ3v) is 5.53. The van der Waals surface area contributed by atoms with E-state index in [9.17, 15) is 13.2 Å². The van der Waals surface area contributed by atoms with E-state index < -0.39 is 10.0 Å². The third-order valence-electron chi connectivity index (χ3n) is 3.48. The van der Waals surface area contributed by atoms with Crippen molar-refractivity contribution in [3.63, 3.8) is 0 Å². The summed E-state index contributed by atoms with van der Waals surface area (Å²) in [7, 11) is -3.56. The van der Waals surface area contributed by atoms with Crippen LogP contribution >= 0.6 is 0 Å². The summed E-state index contributed by atoms with van der Waals surface area (Å²) in [5.74, 6) is -0.339. The van der Waals surface area contributed by atoms with Crippen molar-refractivity contribution in [1.82, 2.24) is 4.31 Å². The second-order valence-corrected chi connectivity index (χ2v) is 7.41. The molecule has 0 spiro atoms. The molecule has 0 saturated carbocycles. The standard InChI is InChI=1S/C16H27N3O3S/c1-6-17-14-10-9-13(23(21,22)19(7-2)8-3)11-15(14)18-16(20)12(4)5/h9-12,17H,6-8H2,1-5H3,(H,18,20). The Bertz CT molecular complexity index is 638. The lowest BCUT2D eigenvalue weighted by molar-refractivity contribution is -0.118. The van der Waals surface area contributed by atoms with E-state index in [2.05, 4.69) is 10.6 Å². The van der Waals surface area contributed by atoms with Crippen molar-refractivity contribution in [2.45, 2.75) is 39.5 Å². The summed E-state index contributed by atoms with van der Waals surface area (Å²) >= 11 is 0. The predicted octanol–water partition coefficient (Wildman–Crippen LogP) is 2.74. The molecule has 23 heavy (non-hydrogen) atoms. The van der Waals surface area contributed by atoms with E-state index in [4.69, 9.17) is 0 Å². The van der Waals surface area contributed by atoms with Gasteiger partial charge in [-0.25, -0.2) is 8.42 Å². The summed E-state index contributed by atoms with van der Waals surface area (Å²) < 4.78 is 26.6. The molecule has 0 heterocycles. The summed E-state index contributed by atoms with van der Waals surface area (Å²) in [5.41, 5.74) is 1.19. The Morgan fingerprint density at radius 3 is 2.22 bits per heavy atom. The van der Waals surface area contributed by atoms with Gasteiger partial charge in [-0.15, -0.1) is 0 Å². The van der Waals surface area contributed by atoms with Crippen molar-refractivity contribution in [3.05, 3.63) is 18.2 Å². The highest BCUT2D eigenvalue weighted by molar-refractivity contribution is 7.89. The molecule has 6 nitrogen and oxygen atoms in total. The van der Waals surface area contributed by atoms with Crippen molar-refractivity contribution in [2.75, 3.05) is 30.3 Å². The second-order valence-electron chi connectivity index (χ2n) is 5.47. The molecule has 0 aliphatic carbocycles. The molecule has 0 saturated heterocycles. The van der Waals surface area contributed by atoms with E-state index in [0.29, 0.717) is 31.0 Å². The zero-order valence-electron chi connectivity index (χ0n) is 14.5. The number of carbonyl (C=O) groups is 1. The third kappa shape index (κ3) is 4.68. The number of amides is 1. The monoisotopic (exact) mass is 341 g/mol. The first-order valence-electron chi connectivity index (χ1n) is 7.96. The van der Waals surface area contributed by atoms with Gasteiger partial charge >= 0.3 is 0 Å². The van der Waals surface area contributed by atoms with Crippen molar-refractivity contribution in [1.29, 1.82) is 0 Å². The fraction of sp³-hybridized carbons (Fsp3) is 0.562. The molecular formula is C16H27N3O3S. The normalized spacial score (nSPS) is 11.8. The number of hydrogen-bond donors (Lipinski definition) is 2. The van der Waals surface area contributed by atoms with E-state index in [1.54, 1.807) is 39.8 Å². The average Bonchev–Trinajstić information content (AvgIpc) is 2.49. The number of carbonyl (C=O) groups excluding carboxylic acids is 1. The summed E-state index contributed by atoms with van der Waals surface area (Å²) in [6, 6.07) is 4.78. The molecule has 1 aromatic carbocycles. The van der Waals surface area contributed by atoms with Crippen LogP contribution in [-0.4, -0.2) is 38.3 Å². The minimum Gasteiger partial charge on any atom is -0.384 e. The Hall–Kier alpha value is -1.60. The lowest BCUT2D eigenvalue weighted by atomic mass is 10.2. The molecule has 0 aliphatic heterocycles. The quantitative estimate of drug-likeness (QED) is 0.762. The van der Waals surface area contributed by atoms with Gasteiger partial charge in [-0.05, 0) is 25.1 Å². The molecule has 0 radical (unpaired) electrons. The Labute approximate surface area is 139 Å². The van der Waals surface area contributed by atoms with Crippen molar-refractivity contribution in [3.8, 4) is 0 Å². The van der Waals surface area contributed by atoms with Gasteiger partial charge in [0, 0.05) is 25.6 Å². The zero-order chi connectivity index (χ0) is 17.6. The van der Waals surface area contributed by atoms with E-state index in [1.807, 2.05) is 6.92 Å². The Morgan fingerprint density at radius 2 is 1.74 bits per heavy atom. The van der Waals surface area contributed by atoms with E-state index in [1.165, 1.54) is 10.4 Å². The molecule has 2 N–H and O–H groups in total. The van der Waals surface area contributed by atoms with Gasteiger partial charge < -0.3 is 10.6 Å². The number of nitrogens with zero attached hydrogens (tertiary/aromatic N) is 1. The van der Waals surface area contributed by atoms with Crippen LogP contribution < -0.4 is 10.6 Å². The number of sulfonamides is 1. The van der Waals surface area contributed by atoms with Crippen LogP contribution in [0.1, 0.15) is 34.6 Å². The summed E-state index contributed by atoms with van der Waals surface area (Å²) in [6.45, 7) is 10.6. The van der Waals surface area contributed by atoms with Crippen LogP contribution in [0.4, 0.5) is 11.4 Å². The molecule has 0 fully saturated rings. The molecule has 1 rings (SSSR count). The molecular weight excluding hydrogens is 314 g/mol. The smallest absolute Gasteiger partial charge is 0.243 e. The number of nitrogens with one attached hydrogen (secondary N) is 2. The van der Waals surface area contributed by atoms with Crippen LogP contribution in [0.5, 0.6) is 0 Å². The average molecular weight is 341 g/mol. The van der Waals surface area contributed by atoms with Gasteiger partial charge in [0.1, 0.15) is 0 Å². The fourth-order valence-corrected chi connectivity index (χ4v) is 3.61. The molecule has 0 bridgehead atoms. The summed E-state index contributed by atoms with van der Waals surface area (Å²) in [6.07, 6.45) is 0. The van der Waals surface area contributed by atoms with Crippen LogP contribution in [0, 0.1) is 5.92 Å². The molecule has 1 amide bonds. The maximum Gasteiger partial charge on any atom is 0.243 e. The highest BCUT2D eigenvalue weighted by Gasteiger charge is 2.23. The van der Waals surface area contributed by atoms with Gasteiger partial charge in [0.25, 0.3) is 0 Å². The topological polar surface area (TPSA) is 78.5 Å². The predicted molar refractivity (Wildman–Crippen MR) is 94.2 cm³/mol. The maximum atomic E-state index is 12.6. The SMILES string of the molecule is CCNc1ccc(S(=O)(=O)N(CC)CC)cc1NC(=O)C(C)C. The summed E-state index contributed by atoms with van der Waals surface area (Å²) in [4.78, 5) is 12.2. The lowest BCUT2D eigenvalue weighted by Gasteiger charge is -2.20. The first-order valence-corrected chi connectivity index (χ1v) is 9.40. The second kappa shape index (κ2) is 8.31. The van der Waals surface area contributed by atoms with E-state index >= 15 is 0 Å². The number of hydrogen-bond acceptors (Lipinski definition) is 4. The van der Waals surface area contributed by atoms with Crippen molar-refractivity contribution in [2.24, 2.45) is 5.92 Å². The lowest BCUT2D eigenvalue weighted by Crippen LogP contribution is -2.30. The molecule has 130 valence electrons. The van der Waals surface area contributed by atoms with Gasteiger partial charge in [0.2, 0.25) is 15.9 Å². The first-order chi connectivity index (χ1) is 10.8. The minimum absolute atomic E-state index is 0.151. The van der Waals surface area contributed by atoms with Crippen LogP contribution in [0.15, 0.2) is 23.1 Å². The Kier molecular flexibility index (Phi) is 7.02. The Balaban J connectivity index is 3.30. The molecule has 1 aromatic rings. The minimum atomic E-state index is -3.56. The van der Waals surface area contributed by atoms with Gasteiger partial charge in [-0.1, -0.05) is 27.7 Å². The van der Waals surface area contributed by atoms with E-state index in [0.717, 1.165) is 0 Å². The molecule has 0 atom stereocenters. The van der Waals surface area contributed by atoms with Crippen LogP contribution in [0.3, 0.4) is 0 Å². The first kappa shape index (κ1) is 19.4. The number of benzene rings is 1. The number of anilines is 2. The van der Waals surface area contributed by atoms with Gasteiger partial charge in [-0.2, -0.15) is 4.31 Å². The summed E-state index contributed by atoms with van der Waals surface area (Å²) in [5, 5.41) is 5.93. The maximum absolute atomic E-state index is 12.6. The van der Waals surface area contributed by atoms with Crippen LogP contribution in [0.25, 0.3) is 0 Å². The van der Waals surface area contributed by atoms with Crippen LogP contribution in [0.2, 0.25) is 0 Å². The van der Waals surface area contributed by atoms with Crippen molar-refractivity contribution < 1.29 is 13.2 Å². The van der Waals surface area contributed by atoms with E-state index in [-0.39, 0.29) is 16.7 Å². The largest absolute Gasteiger partial charge is 0.384 e. The molecule has 0 unspecified atom stereocenters. The highest BCUT2D eigenvalue weighted by atomic mass is 32.2. The van der Waals surface area contributed by atoms with Gasteiger partial charge in [0.15, 0.2) is 0 Å². The molecule has 7 heteroatoms. The zero-order valence-corrected chi connectivity index (χ0v) is 15.3. The molecule has 0 aromatic heterocycles. The van der Waals surface area contributed by atoms with Crippen LogP contribution in [-0.2, 0) is 14.8 Å². The van der Waals surface area contributed by atoms with Gasteiger partial charge in [-0.3, -0.25) is 4.79 Å². The Morgan fingerprint density at radius 1 is 1.13 bits per heavy atom.